The van der Waals surface area contributed by atoms with Gasteiger partial charge in [0.1, 0.15) is 24.6 Å². The maximum Gasteiger partial charge on any atom is 0.251 e. The van der Waals surface area contributed by atoms with E-state index in [2.05, 4.69) is 15.6 Å². The predicted octanol–water partition coefficient (Wildman–Crippen LogP) is 0.418. The summed E-state index contributed by atoms with van der Waals surface area (Å²) in [5.74, 6) is 0.0269. The van der Waals surface area contributed by atoms with Gasteiger partial charge in [0.2, 0.25) is 11.8 Å². The van der Waals surface area contributed by atoms with E-state index in [-0.39, 0.29) is 31.5 Å². The fraction of sp³-hybridized carbons (Fsp3) is 0.500. The largest absolute Gasteiger partial charge is 0.493 e. The zero-order valence-electron chi connectivity index (χ0n) is 20.5. The quantitative estimate of drug-likeness (QED) is 0.571. The molecule has 2 atom stereocenters. The Morgan fingerprint density at radius 1 is 1.26 bits per heavy atom. The molecule has 2 aromatic rings. The van der Waals surface area contributed by atoms with Gasteiger partial charge < -0.3 is 34.7 Å². The molecule has 1 aliphatic rings. The van der Waals surface area contributed by atoms with Crippen molar-refractivity contribution in [2.45, 2.75) is 39.5 Å². The van der Waals surface area contributed by atoms with Crippen LogP contribution >= 0.6 is 0 Å². The van der Waals surface area contributed by atoms with Gasteiger partial charge >= 0.3 is 0 Å². The molecule has 0 unspecified atom stereocenters. The third-order valence-electron chi connectivity index (χ3n) is 5.68. The highest BCUT2D eigenvalue weighted by Crippen LogP contribution is 2.32. The van der Waals surface area contributed by atoms with Crippen molar-refractivity contribution in [3.8, 4) is 22.9 Å². The lowest BCUT2D eigenvalue weighted by atomic mass is 10.0. The Bertz CT molecular complexity index is 1050. The minimum atomic E-state index is -1.29. The van der Waals surface area contributed by atoms with Gasteiger partial charge in [-0.3, -0.25) is 14.4 Å². The number of nitrogens with zero attached hydrogens (tertiary/aromatic N) is 3. The number of nitrogens with one attached hydrogen (secondary N) is 2. The summed E-state index contributed by atoms with van der Waals surface area (Å²) in [6, 6.07) is 4.63. The molecule has 1 aliphatic heterocycles. The highest BCUT2D eigenvalue weighted by Gasteiger charge is 2.27. The van der Waals surface area contributed by atoms with E-state index >= 15 is 0 Å². The summed E-state index contributed by atoms with van der Waals surface area (Å²) >= 11 is 0. The summed E-state index contributed by atoms with van der Waals surface area (Å²) in [5.41, 5.74) is 0.787. The number of benzene rings is 1. The number of rotatable bonds is 3. The van der Waals surface area contributed by atoms with E-state index in [1.54, 1.807) is 18.3 Å². The zero-order chi connectivity index (χ0) is 25.5. The topological polar surface area (TPSA) is 135 Å². The lowest BCUT2D eigenvalue weighted by molar-refractivity contribution is -0.143. The predicted molar refractivity (Wildman–Crippen MR) is 128 cm³/mol. The van der Waals surface area contributed by atoms with Crippen LogP contribution in [0.4, 0.5) is 0 Å². The third kappa shape index (κ3) is 6.50. The molecule has 0 fully saturated rings. The number of imidazole rings is 1. The Labute approximate surface area is 204 Å². The molecule has 1 aromatic heterocycles. The molecule has 190 valence electrons. The van der Waals surface area contributed by atoms with Crippen molar-refractivity contribution in [3.63, 3.8) is 0 Å². The van der Waals surface area contributed by atoms with E-state index in [9.17, 15) is 19.5 Å². The number of fused-ring (bicyclic) bond motifs is 4. The van der Waals surface area contributed by atoms with Crippen molar-refractivity contribution in [2.75, 3.05) is 33.4 Å². The molecule has 1 aromatic carbocycles. The second kappa shape index (κ2) is 11.7. The molecule has 0 aliphatic carbocycles. The molecule has 2 heterocycles. The smallest absolute Gasteiger partial charge is 0.251 e. The molecule has 3 N–H and O–H groups in total. The van der Waals surface area contributed by atoms with Gasteiger partial charge in [-0.25, -0.2) is 4.98 Å². The van der Waals surface area contributed by atoms with Crippen molar-refractivity contribution >= 4 is 17.7 Å². The molecule has 0 radical (unpaired) electrons. The van der Waals surface area contributed by atoms with Gasteiger partial charge in [0.25, 0.3) is 5.91 Å². The monoisotopic (exact) mass is 487 g/mol. The molecular weight excluding hydrogens is 454 g/mol. The molecule has 11 heteroatoms. The van der Waals surface area contributed by atoms with Crippen LogP contribution in [0.2, 0.25) is 0 Å². The first kappa shape index (κ1) is 26.0. The lowest BCUT2D eigenvalue weighted by Crippen LogP contribution is -2.53. The van der Waals surface area contributed by atoms with E-state index in [1.807, 2.05) is 30.7 Å². The second-order valence-corrected chi connectivity index (χ2v) is 8.67. The zero-order valence-corrected chi connectivity index (χ0v) is 20.5. The molecule has 0 saturated heterocycles. The summed E-state index contributed by atoms with van der Waals surface area (Å²) in [6.07, 6.45) is 2.20. The van der Waals surface area contributed by atoms with Crippen LogP contribution in [0, 0.1) is 5.92 Å². The summed E-state index contributed by atoms with van der Waals surface area (Å²) in [4.78, 5) is 43.8. The minimum absolute atomic E-state index is 0.0394. The minimum Gasteiger partial charge on any atom is -0.493 e. The summed E-state index contributed by atoms with van der Waals surface area (Å²) < 4.78 is 13.2. The van der Waals surface area contributed by atoms with Gasteiger partial charge in [-0.2, -0.15) is 0 Å². The van der Waals surface area contributed by atoms with Crippen LogP contribution in [-0.2, 0) is 20.9 Å². The van der Waals surface area contributed by atoms with Crippen molar-refractivity contribution in [1.82, 2.24) is 25.1 Å². The van der Waals surface area contributed by atoms with Crippen molar-refractivity contribution in [1.29, 1.82) is 0 Å². The van der Waals surface area contributed by atoms with Crippen LogP contribution in [0.25, 0.3) is 11.4 Å². The number of hydrogen-bond donors (Lipinski definition) is 3. The molecule has 35 heavy (non-hydrogen) atoms. The average molecular weight is 488 g/mol. The van der Waals surface area contributed by atoms with Crippen LogP contribution < -0.4 is 20.1 Å². The average Bonchev–Trinajstić information content (AvgIpc) is 3.29. The van der Waals surface area contributed by atoms with E-state index in [4.69, 9.17) is 9.47 Å². The Hall–Kier alpha value is -3.60. The van der Waals surface area contributed by atoms with Crippen LogP contribution in [-0.4, -0.2) is 82.8 Å². The maximum absolute atomic E-state index is 12.8. The highest BCUT2D eigenvalue weighted by atomic mass is 16.5. The Morgan fingerprint density at radius 2 is 2.03 bits per heavy atom. The van der Waals surface area contributed by atoms with Crippen molar-refractivity contribution in [2.24, 2.45) is 5.92 Å². The third-order valence-corrected chi connectivity index (χ3v) is 5.68. The molecule has 0 spiro atoms. The van der Waals surface area contributed by atoms with E-state index in [1.165, 1.54) is 18.9 Å². The number of hydrogen-bond acceptors (Lipinski definition) is 7. The van der Waals surface area contributed by atoms with Crippen LogP contribution in [0.1, 0.15) is 20.8 Å². The number of aromatic nitrogens is 2. The fourth-order valence-corrected chi connectivity index (χ4v) is 3.81. The van der Waals surface area contributed by atoms with Crippen LogP contribution in [0.5, 0.6) is 11.5 Å². The van der Waals surface area contributed by atoms with E-state index < -0.39 is 24.0 Å². The number of carbonyl (C=O) groups is 3. The first-order valence-corrected chi connectivity index (χ1v) is 11.6. The van der Waals surface area contributed by atoms with E-state index in [0.717, 1.165) is 5.56 Å². The Morgan fingerprint density at radius 3 is 2.71 bits per heavy atom. The molecule has 2 bridgehead atoms. The van der Waals surface area contributed by atoms with E-state index in [0.29, 0.717) is 30.4 Å². The highest BCUT2D eigenvalue weighted by molar-refractivity contribution is 5.91. The molecular formula is C24H33N5O6. The Balaban J connectivity index is 1.94. The van der Waals surface area contributed by atoms with Crippen LogP contribution in [0.3, 0.4) is 0 Å². The number of aliphatic hydroxyl groups excluding tert-OH is 1. The second-order valence-electron chi connectivity index (χ2n) is 8.67. The number of carbonyl (C=O) groups excluding carboxylic acids is 3. The lowest BCUT2D eigenvalue weighted by Gasteiger charge is -2.26. The van der Waals surface area contributed by atoms with Gasteiger partial charge in [0, 0.05) is 31.0 Å². The fourth-order valence-electron chi connectivity index (χ4n) is 3.81. The van der Waals surface area contributed by atoms with Gasteiger partial charge in [0.15, 0.2) is 11.5 Å². The first-order valence-electron chi connectivity index (χ1n) is 11.6. The normalized spacial score (nSPS) is 18.6. The van der Waals surface area contributed by atoms with Gasteiger partial charge in [-0.15, -0.1) is 0 Å². The Kier molecular flexibility index (Phi) is 8.69. The number of aliphatic hydroxyl groups is 1. The molecule has 11 nitrogen and oxygen atoms in total. The SMILES string of the molecule is COc1ccc2cc1OCCN(C(=O)[C@H](C)O)CC(=O)N[C@H](C(C)C)C(=O)NCCn1ccnc1-2. The van der Waals surface area contributed by atoms with Crippen LogP contribution in [0.15, 0.2) is 30.6 Å². The molecule has 3 amide bonds. The number of amides is 3. The van der Waals surface area contributed by atoms with Gasteiger partial charge in [-0.05, 0) is 31.0 Å². The van der Waals surface area contributed by atoms with Gasteiger partial charge in [0.05, 0.1) is 20.2 Å². The summed E-state index contributed by atoms with van der Waals surface area (Å²) in [5, 5.41) is 15.4. The maximum atomic E-state index is 12.8. The van der Waals surface area contributed by atoms with Crippen molar-refractivity contribution < 1.29 is 29.0 Å². The summed E-state index contributed by atoms with van der Waals surface area (Å²) in [7, 11) is 1.53. The molecule has 0 saturated carbocycles. The van der Waals surface area contributed by atoms with Gasteiger partial charge in [-0.1, -0.05) is 13.8 Å². The van der Waals surface area contributed by atoms with Crippen molar-refractivity contribution in [3.05, 3.63) is 30.6 Å². The number of methoxy groups -OCH3 is 1. The number of ether oxygens (including phenoxy) is 2. The first-order chi connectivity index (χ1) is 16.7. The summed E-state index contributed by atoms with van der Waals surface area (Å²) in [6.45, 7) is 5.55. The molecule has 3 rings (SSSR count). The standard InChI is InChI=1S/C24H33N5O6/c1-15(2)21-23(32)26-8-10-28-9-7-25-22(28)17-5-6-18(34-4)19(13-17)35-12-11-29(14-20(31)27-21)24(33)16(3)30/h5-7,9,13,15-16,21,30H,8,10-12,14H2,1-4H3,(H,26,32)(H,27,31)/t16-,21+/m0/s1.